The highest BCUT2D eigenvalue weighted by molar-refractivity contribution is 7.08. The number of rotatable bonds is 6. The number of amides is 2. The van der Waals surface area contributed by atoms with Gasteiger partial charge >= 0.3 is 0 Å². The van der Waals surface area contributed by atoms with Gasteiger partial charge in [-0.05, 0) is 29.1 Å². The van der Waals surface area contributed by atoms with E-state index in [1.54, 1.807) is 12.1 Å². The van der Waals surface area contributed by atoms with E-state index in [1.807, 2.05) is 21.7 Å². The highest BCUT2D eigenvalue weighted by Crippen LogP contribution is 2.08. The highest BCUT2D eigenvalue weighted by Gasteiger charge is 2.21. The normalized spacial score (nSPS) is 15.0. The first kappa shape index (κ1) is 18.5. The Morgan fingerprint density at radius 1 is 1.08 bits per heavy atom. The second-order valence-corrected chi connectivity index (χ2v) is 7.07. The zero-order valence-corrected chi connectivity index (χ0v) is 15.3. The molecule has 0 saturated carbocycles. The summed E-state index contributed by atoms with van der Waals surface area (Å²) in [5.41, 5.74) is 1.53. The third kappa shape index (κ3) is 5.12. The molecule has 5 nitrogen and oxygen atoms in total. The number of carbonyl (C=O) groups is 2. The lowest BCUT2D eigenvalue weighted by Crippen LogP contribution is -2.50. The van der Waals surface area contributed by atoms with Gasteiger partial charge in [-0.15, -0.1) is 0 Å². The van der Waals surface area contributed by atoms with Gasteiger partial charge in [0, 0.05) is 50.2 Å². The molecule has 1 saturated heterocycles. The number of piperazine rings is 1. The van der Waals surface area contributed by atoms with E-state index in [9.17, 15) is 14.0 Å². The van der Waals surface area contributed by atoms with E-state index in [0.717, 1.165) is 25.2 Å². The second-order valence-electron chi connectivity index (χ2n) is 6.29. The molecule has 1 aliphatic rings. The van der Waals surface area contributed by atoms with E-state index < -0.39 is 0 Å². The van der Waals surface area contributed by atoms with Crippen LogP contribution >= 0.6 is 11.3 Å². The van der Waals surface area contributed by atoms with E-state index >= 15 is 0 Å². The molecule has 1 aromatic heterocycles. The molecule has 1 fully saturated rings. The standard InChI is InChI=1S/C19H22FN3O2S/c20-17-3-1-15(2-4-17)13-18(24)23-10-8-22(9-11-23)7-6-21-19(25)16-5-12-26-14-16/h1-5,12,14H,6-11,13H2,(H,21,25). The summed E-state index contributed by atoms with van der Waals surface area (Å²) in [4.78, 5) is 28.3. The Labute approximate surface area is 156 Å². The number of benzene rings is 1. The third-order valence-electron chi connectivity index (χ3n) is 4.49. The van der Waals surface area contributed by atoms with Crippen LogP contribution in [0, 0.1) is 5.82 Å². The second kappa shape index (κ2) is 8.91. The van der Waals surface area contributed by atoms with Crippen molar-refractivity contribution < 1.29 is 14.0 Å². The van der Waals surface area contributed by atoms with Crippen molar-refractivity contribution in [3.05, 3.63) is 58.0 Å². The van der Waals surface area contributed by atoms with Crippen LogP contribution < -0.4 is 5.32 Å². The Bertz CT molecular complexity index is 726. The lowest BCUT2D eigenvalue weighted by Gasteiger charge is -2.34. The maximum atomic E-state index is 12.9. The number of halogens is 1. The summed E-state index contributed by atoms with van der Waals surface area (Å²) in [5, 5.41) is 6.64. The van der Waals surface area contributed by atoms with Crippen molar-refractivity contribution in [2.24, 2.45) is 0 Å². The third-order valence-corrected chi connectivity index (χ3v) is 5.17. The first-order chi connectivity index (χ1) is 12.6. The van der Waals surface area contributed by atoms with Crippen molar-refractivity contribution in [1.29, 1.82) is 0 Å². The molecule has 2 amide bonds. The van der Waals surface area contributed by atoms with Crippen LogP contribution in [0.4, 0.5) is 4.39 Å². The Balaban J connectivity index is 1.36. The van der Waals surface area contributed by atoms with Crippen LogP contribution in [0.1, 0.15) is 15.9 Å². The SMILES string of the molecule is O=C(NCCN1CCN(C(=O)Cc2ccc(F)cc2)CC1)c1ccsc1. The first-order valence-electron chi connectivity index (χ1n) is 8.67. The molecule has 0 atom stereocenters. The molecule has 138 valence electrons. The summed E-state index contributed by atoms with van der Waals surface area (Å²) < 4.78 is 12.9. The van der Waals surface area contributed by atoms with Crippen LogP contribution in [0.5, 0.6) is 0 Å². The average Bonchev–Trinajstić information content (AvgIpc) is 3.19. The molecule has 0 bridgehead atoms. The summed E-state index contributed by atoms with van der Waals surface area (Å²) in [5.74, 6) is -0.262. The van der Waals surface area contributed by atoms with Crippen LogP contribution in [0.3, 0.4) is 0 Å². The van der Waals surface area contributed by atoms with E-state index in [4.69, 9.17) is 0 Å². The van der Waals surface area contributed by atoms with E-state index in [1.165, 1.54) is 23.5 Å². The predicted molar refractivity (Wildman–Crippen MR) is 99.8 cm³/mol. The fourth-order valence-electron chi connectivity index (χ4n) is 2.93. The molecule has 0 aliphatic carbocycles. The number of nitrogens with zero attached hydrogens (tertiary/aromatic N) is 2. The van der Waals surface area contributed by atoms with E-state index in [0.29, 0.717) is 31.6 Å². The molecule has 2 heterocycles. The fraction of sp³-hybridized carbons (Fsp3) is 0.368. The van der Waals surface area contributed by atoms with Gasteiger partial charge in [0.25, 0.3) is 5.91 Å². The molecule has 0 unspecified atom stereocenters. The lowest BCUT2D eigenvalue weighted by atomic mass is 10.1. The summed E-state index contributed by atoms with van der Waals surface area (Å²) in [6, 6.07) is 7.88. The van der Waals surface area contributed by atoms with Crippen LogP contribution in [0.25, 0.3) is 0 Å². The summed E-state index contributed by atoms with van der Waals surface area (Å²) in [6.07, 6.45) is 0.303. The molecule has 26 heavy (non-hydrogen) atoms. The highest BCUT2D eigenvalue weighted by atomic mass is 32.1. The largest absolute Gasteiger partial charge is 0.351 e. The summed E-state index contributed by atoms with van der Waals surface area (Å²) in [7, 11) is 0. The predicted octanol–water partition coefficient (Wildman–Crippen LogP) is 2.00. The maximum absolute atomic E-state index is 12.9. The van der Waals surface area contributed by atoms with Crippen molar-refractivity contribution >= 4 is 23.2 Å². The van der Waals surface area contributed by atoms with Gasteiger partial charge in [-0.2, -0.15) is 11.3 Å². The first-order valence-corrected chi connectivity index (χ1v) is 9.61. The summed E-state index contributed by atoms with van der Waals surface area (Å²) >= 11 is 1.51. The van der Waals surface area contributed by atoms with Crippen molar-refractivity contribution in [3.63, 3.8) is 0 Å². The average molecular weight is 375 g/mol. The Hall–Kier alpha value is -2.25. The Morgan fingerprint density at radius 2 is 1.81 bits per heavy atom. The van der Waals surface area contributed by atoms with Crippen LogP contribution in [0.15, 0.2) is 41.1 Å². The van der Waals surface area contributed by atoms with Crippen molar-refractivity contribution in [2.45, 2.75) is 6.42 Å². The minimum atomic E-state index is -0.291. The monoisotopic (exact) mass is 375 g/mol. The van der Waals surface area contributed by atoms with Crippen molar-refractivity contribution in [3.8, 4) is 0 Å². The lowest BCUT2D eigenvalue weighted by molar-refractivity contribution is -0.132. The van der Waals surface area contributed by atoms with Gasteiger partial charge in [0.15, 0.2) is 0 Å². The van der Waals surface area contributed by atoms with E-state index in [2.05, 4.69) is 10.2 Å². The maximum Gasteiger partial charge on any atom is 0.252 e. The number of hydrogen-bond acceptors (Lipinski definition) is 4. The van der Waals surface area contributed by atoms with Gasteiger partial charge in [0.2, 0.25) is 5.91 Å². The molecule has 3 rings (SSSR count). The molecule has 2 aromatic rings. The molecule has 1 aliphatic heterocycles. The Morgan fingerprint density at radius 3 is 2.46 bits per heavy atom. The molecule has 0 radical (unpaired) electrons. The molecular formula is C19H22FN3O2S. The van der Waals surface area contributed by atoms with Crippen LogP contribution in [-0.4, -0.2) is 60.9 Å². The molecule has 0 spiro atoms. The molecule has 7 heteroatoms. The molecular weight excluding hydrogens is 353 g/mol. The van der Waals surface area contributed by atoms with Crippen molar-refractivity contribution in [2.75, 3.05) is 39.3 Å². The smallest absolute Gasteiger partial charge is 0.252 e. The molecule has 1 aromatic carbocycles. The van der Waals surface area contributed by atoms with E-state index in [-0.39, 0.29) is 17.6 Å². The number of hydrogen-bond donors (Lipinski definition) is 1. The van der Waals surface area contributed by atoms with Crippen molar-refractivity contribution in [1.82, 2.24) is 15.1 Å². The zero-order chi connectivity index (χ0) is 18.4. The number of carbonyl (C=O) groups excluding carboxylic acids is 2. The van der Waals surface area contributed by atoms with Gasteiger partial charge < -0.3 is 10.2 Å². The number of nitrogens with one attached hydrogen (secondary N) is 1. The van der Waals surface area contributed by atoms with Gasteiger partial charge in [0.1, 0.15) is 5.82 Å². The van der Waals surface area contributed by atoms with Gasteiger partial charge in [-0.25, -0.2) is 4.39 Å². The van der Waals surface area contributed by atoms with Gasteiger partial charge in [-0.3, -0.25) is 14.5 Å². The van der Waals surface area contributed by atoms with Gasteiger partial charge in [-0.1, -0.05) is 12.1 Å². The topological polar surface area (TPSA) is 52.7 Å². The zero-order valence-electron chi connectivity index (χ0n) is 14.5. The quantitative estimate of drug-likeness (QED) is 0.840. The minimum absolute atomic E-state index is 0.0423. The minimum Gasteiger partial charge on any atom is -0.351 e. The van der Waals surface area contributed by atoms with Crippen LogP contribution in [-0.2, 0) is 11.2 Å². The fourth-order valence-corrected chi connectivity index (χ4v) is 3.57. The summed E-state index contributed by atoms with van der Waals surface area (Å²) in [6.45, 7) is 4.32. The van der Waals surface area contributed by atoms with Gasteiger partial charge in [0.05, 0.1) is 6.42 Å². The Kier molecular flexibility index (Phi) is 6.35. The molecule has 1 N–H and O–H groups in total. The van der Waals surface area contributed by atoms with Crippen LogP contribution in [0.2, 0.25) is 0 Å². The number of thiophene rings is 1.